The first-order valence-corrected chi connectivity index (χ1v) is 5.95. The minimum atomic E-state index is -0.996. The van der Waals surface area contributed by atoms with Gasteiger partial charge in [0.2, 0.25) is 5.91 Å². The fourth-order valence-corrected chi connectivity index (χ4v) is 1.60. The number of carboxylic acid groups (broad SMARTS) is 1. The van der Waals surface area contributed by atoms with Crippen molar-refractivity contribution in [3.05, 3.63) is 30.1 Å². The van der Waals surface area contributed by atoms with Crippen LogP contribution in [0.3, 0.4) is 0 Å². The largest absolute Gasteiger partial charge is 0.480 e. The molecule has 1 aromatic heterocycles. The van der Waals surface area contributed by atoms with Crippen molar-refractivity contribution in [3.8, 4) is 0 Å². The van der Waals surface area contributed by atoms with Gasteiger partial charge in [0, 0.05) is 12.4 Å². The molecule has 0 fully saturated rings. The van der Waals surface area contributed by atoms with Crippen molar-refractivity contribution in [2.24, 2.45) is 5.92 Å². The van der Waals surface area contributed by atoms with Crippen molar-refractivity contribution in [2.75, 3.05) is 0 Å². The van der Waals surface area contributed by atoms with Crippen LogP contribution in [0.15, 0.2) is 24.5 Å². The van der Waals surface area contributed by atoms with Gasteiger partial charge in [-0.25, -0.2) is 4.79 Å². The Morgan fingerprint density at radius 2 is 2.22 bits per heavy atom. The summed E-state index contributed by atoms with van der Waals surface area (Å²) in [5, 5.41) is 11.6. The number of nitrogens with zero attached hydrogens (tertiary/aromatic N) is 1. The molecular weight excluding hydrogens is 232 g/mol. The van der Waals surface area contributed by atoms with Gasteiger partial charge in [0.15, 0.2) is 0 Å². The summed E-state index contributed by atoms with van der Waals surface area (Å²) in [6.45, 7) is 3.71. The third-order valence-corrected chi connectivity index (χ3v) is 2.88. The second kappa shape index (κ2) is 6.74. The number of aromatic nitrogens is 1. The molecule has 5 heteroatoms. The predicted octanol–water partition coefficient (Wildman–Crippen LogP) is 1.24. The summed E-state index contributed by atoms with van der Waals surface area (Å²) in [6.07, 6.45) is 4.07. The number of nitrogens with one attached hydrogen (secondary N) is 1. The molecule has 1 unspecified atom stereocenters. The molecule has 18 heavy (non-hydrogen) atoms. The number of carbonyl (C=O) groups is 2. The summed E-state index contributed by atoms with van der Waals surface area (Å²) in [5.41, 5.74) is 0.767. The number of carbonyl (C=O) groups excluding carboxylic acids is 1. The molecule has 0 aliphatic rings. The normalized spacial score (nSPS) is 13.7. The summed E-state index contributed by atoms with van der Waals surface area (Å²) >= 11 is 0. The van der Waals surface area contributed by atoms with E-state index >= 15 is 0 Å². The Morgan fingerprint density at radius 3 is 2.72 bits per heavy atom. The van der Waals surface area contributed by atoms with Crippen molar-refractivity contribution in [3.63, 3.8) is 0 Å². The van der Waals surface area contributed by atoms with Crippen molar-refractivity contribution in [1.82, 2.24) is 10.3 Å². The minimum absolute atomic E-state index is 0.0969. The van der Waals surface area contributed by atoms with E-state index in [4.69, 9.17) is 5.11 Å². The lowest BCUT2D eigenvalue weighted by atomic mass is 9.99. The van der Waals surface area contributed by atoms with Gasteiger partial charge in [0.25, 0.3) is 0 Å². The van der Waals surface area contributed by atoms with Crippen LogP contribution in [-0.2, 0) is 16.0 Å². The highest BCUT2D eigenvalue weighted by atomic mass is 16.4. The van der Waals surface area contributed by atoms with Crippen molar-refractivity contribution in [1.29, 1.82) is 0 Å². The van der Waals surface area contributed by atoms with Crippen LogP contribution in [0.1, 0.15) is 25.8 Å². The Balaban J connectivity index is 2.60. The number of pyridine rings is 1. The second-order valence-electron chi connectivity index (χ2n) is 4.31. The summed E-state index contributed by atoms with van der Waals surface area (Å²) in [4.78, 5) is 26.7. The quantitative estimate of drug-likeness (QED) is 0.796. The van der Waals surface area contributed by atoms with Gasteiger partial charge in [-0.05, 0) is 17.5 Å². The second-order valence-corrected chi connectivity index (χ2v) is 4.31. The first-order valence-electron chi connectivity index (χ1n) is 5.95. The maximum atomic E-state index is 11.7. The highest BCUT2D eigenvalue weighted by Crippen LogP contribution is 2.08. The number of rotatable bonds is 6. The summed E-state index contributed by atoms with van der Waals surface area (Å²) in [5.74, 6) is -1.39. The zero-order valence-electron chi connectivity index (χ0n) is 10.6. The number of carboxylic acids is 1. The van der Waals surface area contributed by atoms with Crippen molar-refractivity contribution >= 4 is 11.9 Å². The van der Waals surface area contributed by atoms with E-state index in [1.165, 1.54) is 0 Å². The SMILES string of the molecule is CCC(C)[C@H](NC(=O)Cc1cccnc1)C(=O)O. The van der Waals surface area contributed by atoms with Gasteiger partial charge in [-0.3, -0.25) is 9.78 Å². The molecular formula is C13H18N2O3. The van der Waals surface area contributed by atoms with Gasteiger partial charge >= 0.3 is 5.97 Å². The van der Waals surface area contributed by atoms with E-state index in [1.807, 2.05) is 13.8 Å². The topological polar surface area (TPSA) is 79.3 Å². The van der Waals surface area contributed by atoms with Crippen LogP contribution in [0.4, 0.5) is 0 Å². The van der Waals surface area contributed by atoms with Crippen molar-refractivity contribution < 1.29 is 14.7 Å². The van der Waals surface area contributed by atoms with Gasteiger partial charge in [-0.1, -0.05) is 26.3 Å². The predicted molar refractivity (Wildman–Crippen MR) is 67.0 cm³/mol. The third-order valence-electron chi connectivity index (χ3n) is 2.88. The van der Waals surface area contributed by atoms with Gasteiger partial charge in [0.05, 0.1) is 6.42 Å². The number of aliphatic carboxylic acids is 1. The molecule has 98 valence electrons. The highest BCUT2D eigenvalue weighted by molar-refractivity contribution is 5.84. The fraction of sp³-hybridized carbons (Fsp3) is 0.462. The lowest BCUT2D eigenvalue weighted by Crippen LogP contribution is -2.45. The molecule has 1 rings (SSSR count). The molecule has 2 atom stereocenters. The molecule has 0 spiro atoms. The Hall–Kier alpha value is -1.91. The van der Waals surface area contributed by atoms with E-state index in [0.29, 0.717) is 6.42 Å². The Labute approximate surface area is 106 Å². The summed E-state index contributed by atoms with van der Waals surface area (Å²) in [6, 6.07) is 2.69. The molecule has 1 amide bonds. The Bertz CT molecular complexity index is 406. The lowest BCUT2D eigenvalue weighted by molar-refractivity contribution is -0.143. The van der Waals surface area contributed by atoms with Crippen LogP contribution < -0.4 is 5.32 Å². The number of hydrogen-bond acceptors (Lipinski definition) is 3. The smallest absolute Gasteiger partial charge is 0.326 e. The summed E-state index contributed by atoms with van der Waals surface area (Å²) in [7, 11) is 0. The van der Waals surface area contributed by atoms with Gasteiger partial charge in [-0.2, -0.15) is 0 Å². The fourth-order valence-electron chi connectivity index (χ4n) is 1.60. The standard InChI is InChI=1S/C13H18N2O3/c1-3-9(2)12(13(17)18)15-11(16)7-10-5-4-6-14-8-10/h4-6,8-9,12H,3,7H2,1-2H3,(H,15,16)(H,17,18)/t9?,12-/m0/s1. The Kier molecular flexibility index (Phi) is 5.30. The average Bonchev–Trinajstić information content (AvgIpc) is 2.36. The number of amides is 1. The molecule has 2 N–H and O–H groups in total. The first kappa shape index (κ1) is 14.2. The maximum absolute atomic E-state index is 11.7. The lowest BCUT2D eigenvalue weighted by Gasteiger charge is -2.20. The van der Waals surface area contributed by atoms with E-state index in [-0.39, 0.29) is 18.2 Å². The van der Waals surface area contributed by atoms with E-state index in [9.17, 15) is 9.59 Å². The van der Waals surface area contributed by atoms with Crippen LogP contribution >= 0.6 is 0 Å². The van der Waals surface area contributed by atoms with E-state index in [1.54, 1.807) is 24.5 Å². The van der Waals surface area contributed by atoms with Crippen LogP contribution in [-0.4, -0.2) is 28.0 Å². The highest BCUT2D eigenvalue weighted by Gasteiger charge is 2.25. The minimum Gasteiger partial charge on any atom is -0.480 e. The molecule has 1 aromatic rings. The molecule has 1 heterocycles. The molecule has 0 radical (unpaired) electrons. The summed E-state index contributed by atoms with van der Waals surface area (Å²) < 4.78 is 0. The van der Waals surface area contributed by atoms with Crippen molar-refractivity contribution in [2.45, 2.75) is 32.7 Å². The number of hydrogen-bond donors (Lipinski definition) is 2. The molecule has 0 saturated carbocycles. The molecule has 0 aliphatic carbocycles. The van der Waals surface area contributed by atoms with Gasteiger partial charge in [0.1, 0.15) is 6.04 Å². The molecule has 0 aromatic carbocycles. The molecule has 5 nitrogen and oxygen atoms in total. The molecule has 0 bridgehead atoms. The third kappa shape index (κ3) is 4.16. The van der Waals surface area contributed by atoms with E-state index < -0.39 is 12.0 Å². The molecule has 0 aliphatic heterocycles. The van der Waals surface area contributed by atoms with Gasteiger partial charge in [-0.15, -0.1) is 0 Å². The molecule has 0 saturated heterocycles. The zero-order chi connectivity index (χ0) is 13.5. The first-order chi connectivity index (χ1) is 8.54. The van der Waals surface area contributed by atoms with Crippen LogP contribution in [0.2, 0.25) is 0 Å². The van der Waals surface area contributed by atoms with E-state index in [0.717, 1.165) is 5.56 Å². The van der Waals surface area contributed by atoms with Crippen LogP contribution in [0.5, 0.6) is 0 Å². The van der Waals surface area contributed by atoms with Gasteiger partial charge < -0.3 is 10.4 Å². The van der Waals surface area contributed by atoms with Crippen LogP contribution in [0.25, 0.3) is 0 Å². The average molecular weight is 250 g/mol. The zero-order valence-corrected chi connectivity index (χ0v) is 10.6. The van der Waals surface area contributed by atoms with E-state index in [2.05, 4.69) is 10.3 Å². The maximum Gasteiger partial charge on any atom is 0.326 e. The van der Waals surface area contributed by atoms with Crippen LogP contribution in [0, 0.1) is 5.92 Å². The monoisotopic (exact) mass is 250 g/mol. The Morgan fingerprint density at radius 1 is 1.50 bits per heavy atom.